The highest BCUT2D eigenvalue weighted by Gasteiger charge is 2.41. The molecule has 10 atom stereocenters. The summed E-state index contributed by atoms with van der Waals surface area (Å²) in [5.41, 5.74) is 17.8. The van der Waals surface area contributed by atoms with Gasteiger partial charge in [-0.3, -0.25) is 43.3 Å². The van der Waals surface area contributed by atoms with Crippen LogP contribution in [0.5, 0.6) is 0 Å². The third-order valence-corrected chi connectivity index (χ3v) is 14.4. The van der Waals surface area contributed by atoms with E-state index in [0.717, 1.165) is 21.6 Å². The Bertz CT molecular complexity index is 2140. The van der Waals surface area contributed by atoms with Gasteiger partial charge in [-0.2, -0.15) is 17.0 Å². The number of thioether (sulfide) groups is 1. The van der Waals surface area contributed by atoms with E-state index in [1.807, 2.05) is 6.07 Å². The lowest BCUT2D eigenvalue weighted by Crippen LogP contribution is -2.62. The SMILES string of the molecule is CSCC[C@@H]1NC(=O)[C@@H]2CCCN2C(=O)[C@H](C(C)C)NC(=O)[C@@H](N)CSSC[C@@H](C(=O)O)NC(=O)[C@H](C)NC(=O)[C@H](CCCN=C(N)N)NC(=O)C(Cc2cccc(C#N)c2)NC(=O)[C@H]([C@@H](C)O)NC1=O. The molecular weight excluding hydrogens is 983 g/mol. The van der Waals surface area contributed by atoms with Crippen molar-refractivity contribution in [3.8, 4) is 6.07 Å². The molecule has 0 aliphatic carbocycles. The smallest absolute Gasteiger partial charge is 0.327 e. The van der Waals surface area contributed by atoms with Crippen molar-refractivity contribution < 1.29 is 53.4 Å². The van der Waals surface area contributed by atoms with Crippen LogP contribution in [0.2, 0.25) is 0 Å². The van der Waals surface area contributed by atoms with Crippen LogP contribution in [0.4, 0.5) is 0 Å². The van der Waals surface area contributed by atoms with E-state index < -0.39 is 120 Å². The summed E-state index contributed by atoms with van der Waals surface area (Å²) in [5, 5.41) is 48.4. The van der Waals surface area contributed by atoms with Gasteiger partial charge < -0.3 is 69.5 Å². The number of aliphatic hydroxyl groups is 1. The minimum absolute atomic E-state index is 0.0222. The third-order valence-electron chi connectivity index (χ3n) is 11.4. The first-order valence-electron chi connectivity index (χ1n) is 23.0. The van der Waals surface area contributed by atoms with Gasteiger partial charge in [-0.15, -0.1) is 0 Å². The molecule has 1 unspecified atom stereocenters. The molecule has 2 aliphatic rings. The van der Waals surface area contributed by atoms with Crippen molar-refractivity contribution in [2.24, 2.45) is 28.1 Å². The number of carboxylic acid groups (broad SMARTS) is 1. The number of carboxylic acids is 1. The largest absolute Gasteiger partial charge is 0.480 e. The van der Waals surface area contributed by atoms with Gasteiger partial charge in [0.15, 0.2) is 5.96 Å². The number of hydrogen-bond acceptors (Lipinski definition) is 16. The highest BCUT2D eigenvalue weighted by atomic mass is 33.1. The molecule has 2 heterocycles. The molecule has 8 amide bonds. The molecule has 392 valence electrons. The van der Waals surface area contributed by atoms with Crippen molar-refractivity contribution >= 4 is 92.5 Å². The van der Waals surface area contributed by atoms with Gasteiger partial charge >= 0.3 is 5.97 Å². The number of aliphatic hydroxyl groups excluding tert-OH is 1. The average Bonchev–Trinajstić information content (AvgIpc) is 3.82. The molecule has 1 aromatic carbocycles. The fourth-order valence-corrected chi connectivity index (χ4v) is 10.1. The van der Waals surface area contributed by atoms with Crippen LogP contribution in [-0.2, 0) is 49.6 Å². The van der Waals surface area contributed by atoms with Gasteiger partial charge in [0.25, 0.3) is 0 Å². The summed E-state index contributed by atoms with van der Waals surface area (Å²) >= 11 is 1.37. The predicted molar refractivity (Wildman–Crippen MR) is 269 cm³/mol. The number of guanidine groups is 1. The fraction of sp³-hybridized carbons (Fsp3) is 0.614. The molecule has 71 heavy (non-hydrogen) atoms. The topological polar surface area (TPSA) is 396 Å². The molecule has 2 fully saturated rings. The zero-order valence-electron chi connectivity index (χ0n) is 40.3. The predicted octanol–water partition coefficient (Wildman–Crippen LogP) is -2.84. The zero-order valence-corrected chi connectivity index (χ0v) is 42.8. The van der Waals surface area contributed by atoms with Crippen LogP contribution >= 0.6 is 33.3 Å². The number of benzene rings is 1. The van der Waals surface area contributed by atoms with Gasteiger partial charge in [0.05, 0.1) is 23.8 Å². The number of fused-ring (bicyclic) bond motifs is 1. The van der Waals surface area contributed by atoms with E-state index in [2.05, 4.69) is 42.2 Å². The Balaban J connectivity index is 2.09. The highest BCUT2D eigenvalue weighted by Crippen LogP contribution is 2.24. The highest BCUT2D eigenvalue weighted by molar-refractivity contribution is 8.76. The van der Waals surface area contributed by atoms with Gasteiger partial charge in [0, 0.05) is 31.0 Å². The van der Waals surface area contributed by atoms with Crippen LogP contribution in [0.3, 0.4) is 0 Å². The molecule has 0 radical (unpaired) electrons. The minimum atomic E-state index is -1.72. The molecule has 0 saturated carbocycles. The Morgan fingerprint density at radius 3 is 2.10 bits per heavy atom. The number of rotatable bonds is 12. The molecule has 27 heteroatoms. The molecule has 0 spiro atoms. The maximum atomic E-state index is 14.3. The molecule has 2 aliphatic heterocycles. The van der Waals surface area contributed by atoms with Crippen LogP contribution < -0.4 is 54.4 Å². The summed E-state index contributed by atoms with van der Waals surface area (Å²) in [6.45, 7) is 6.11. The first kappa shape index (κ1) is 59.5. The van der Waals surface area contributed by atoms with Crippen molar-refractivity contribution in [2.45, 2.75) is 127 Å². The van der Waals surface area contributed by atoms with Gasteiger partial charge in [0.1, 0.15) is 48.3 Å². The zero-order chi connectivity index (χ0) is 52.9. The third kappa shape index (κ3) is 19.0. The Kier molecular flexibility index (Phi) is 24.7. The summed E-state index contributed by atoms with van der Waals surface area (Å²) in [7, 11) is 2.05. The molecule has 1 aromatic rings. The van der Waals surface area contributed by atoms with Crippen LogP contribution in [-0.4, -0.2) is 171 Å². The van der Waals surface area contributed by atoms with Crippen molar-refractivity contribution in [1.29, 1.82) is 5.26 Å². The molecule has 2 saturated heterocycles. The van der Waals surface area contributed by atoms with E-state index in [-0.39, 0.29) is 68.2 Å². The maximum Gasteiger partial charge on any atom is 0.327 e. The van der Waals surface area contributed by atoms with Crippen molar-refractivity contribution in [3.05, 3.63) is 35.4 Å². The molecule has 15 N–H and O–H groups in total. The summed E-state index contributed by atoms with van der Waals surface area (Å²) in [5.74, 6) is -8.48. The molecule has 0 bridgehead atoms. The second kappa shape index (κ2) is 29.5. The number of nitriles is 1. The number of nitrogens with zero attached hydrogens (tertiary/aromatic N) is 3. The summed E-state index contributed by atoms with van der Waals surface area (Å²) in [6.07, 6.45) is 0.671. The van der Waals surface area contributed by atoms with Gasteiger partial charge in [0.2, 0.25) is 47.3 Å². The van der Waals surface area contributed by atoms with Gasteiger partial charge in [-0.05, 0) is 81.6 Å². The number of hydrogen-bond donors (Lipinski definition) is 12. The number of carbonyl (C=O) groups excluding carboxylic acids is 8. The van der Waals surface area contributed by atoms with E-state index in [0.29, 0.717) is 17.7 Å². The summed E-state index contributed by atoms with van der Waals surface area (Å²) in [4.78, 5) is 129. The van der Waals surface area contributed by atoms with E-state index >= 15 is 0 Å². The number of aliphatic imine (C=N–C) groups is 1. The Morgan fingerprint density at radius 1 is 0.845 bits per heavy atom. The van der Waals surface area contributed by atoms with E-state index in [1.165, 1.54) is 42.6 Å². The van der Waals surface area contributed by atoms with E-state index in [9.17, 15) is 58.6 Å². The lowest BCUT2D eigenvalue weighted by Gasteiger charge is -2.32. The van der Waals surface area contributed by atoms with E-state index in [1.54, 1.807) is 32.2 Å². The van der Waals surface area contributed by atoms with Crippen molar-refractivity contribution in [3.63, 3.8) is 0 Å². The monoisotopic (exact) mass is 1050 g/mol. The second-order valence-electron chi connectivity index (χ2n) is 17.4. The lowest BCUT2D eigenvalue weighted by molar-refractivity contribution is -0.143. The lowest BCUT2D eigenvalue weighted by atomic mass is 10.0. The Hall–Kier alpha value is -5.82. The number of nitrogens with two attached hydrogens (primary N) is 3. The number of carbonyl (C=O) groups is 9. The number of amides is 8. The fourth-order valence-electron chi connectivity index (χ4n) is 7.37. The molecular formula is C44H67N13O11S3. The van der Waals surface area contributed by atoms with Crippen LogP contribution in [0.1, 0.15) is 70.9 Å². The number of nitrogens with one attached hydrogen (secondary N) is 7. The van der Waals surface area contributed by atoms with Crippen molar-refractivity contribution in [1.82, 2.24) is 42.1 Å². The first-order chi connectivity index (χ1) is 33.6. The second-order valence-corrected chi connectivity index (χ2v) is 20.9. The summed E-state index contributed by atoms with van der Waals surface area (Å²) < 4.78 is 0. The van der Waals surface area contributed by atoms with Crippen molar-refractivity contribution in [2.75, 3.05) is 36.6 Å². The molecule has 0 aromatic heterocycles. The van der Waals surface area contributed by atoms with Gasteiger partial charge in [-0.25, -0.2) is 4.79 Å². The minimum Gasteiger partial charge on any atom is -0.480 e. The van der Waals surface area contributed by atoms with Crippen LogP contribution in [0, 0.1) is 17.2 Å². The Morgan fingerprint density at radius 2 is 1.46 bits per heavy atom. The molecule has 3 rings (SSSR count). The van der Waals surface area contributed by atoms with Crippen LogP contribution in [0.15, 0.2) is 29.3 Å². The van der Waals surface area contributed by atoms with Crippen LogP contribution in [0.25, 0.3) is 0 Å². The normalized spacial score (nSPS) is 26.8. The molecule has 24 nitrogen and oxygen atoms in total. The van der Waals surface area contributed by atoms with Gasteiger partial charge in [-0.1, -0.05) is 47.6 Å². The summed E-state index contributed by atoms with van der Waals surface area (Å²) in [6, 6.07) is -3.93. The first-order valence-corrected chi connectivity index (χ1v) is 26.8. The number of aliphatic carboxylic acids is 1. The Labute approximate surface area is 424 Å². The standard InChI is InChI=1S/C44H67N13O11S3/c1-22(2)33-42(66)57-15-8-12-32(57)40(64)52-29(13-16-69-5)38(62)56-34(24(4)58)41(65)53-30(18-25-9-6-10-26(17-25)19-45)39(63)51-28(11-7-14-49-44(47)48)37(61)50-23(3)35(59)54-31(43(67)68)21-71-70-20-27(46)36(60)55-33/h6,9-10,17,22-24,27-34,58H,7-8,11-16,18,20-21,46H2,1-5H3,(H,50,61)(H,51,63)(H,52,64)(H,53,65)(H,54,59)(H,55,60)(H,56,62)(H,67,68)(H4,47,48,49)/t23-,24+,27-,28-,29-,30?,31-,32-,33-,34-/m0/s1. The average molecular weight is 1050 g/mol. The quantitative estimate of drug-likeness (QED) is 0.0434. The maximum absolute atomic E-state index is 14.3. The van der Waals surface area contributed by atoms with E-state index in [4.69, 9.17) is 17.2 Å².